The lowest BCUT2D eigenvalue weighted by Crippen LogP contribution is -2.27. The van der Waals surface area contributed by atoms with Crippen LogP contribution in [0.4, 0.5) is 0 Å². The summed E-state index contributed by atoms with van der Waals surface area (Å²) in [7, 11) is 0. The van der Waals surface area contributed by atoms with Gasteiger partial charge in [-0.3, -0.25) is 0 Å². The van der Waals surface area contributed by atoms with Crippen LogP contribution in [0, 0.1) is 0 Å². The maximum atomic E-state index is 11.2. The standard InChI is InChI=1S/C36H50O7/c1-8-24-14-30(15-25(9-2)33(24)37)36(7,31-16-26(20-40-10-3)34(38)27(17-31)21-41-11-4)32-18-28(22-42-12-5)35(39)29(19-32)23-43-13-6/h14-19,37-39H,8-13,20-23H2,1-7H3. The monoisotopic (exact) mass is 594 g/mol. The van der Waals surface area contributed by atoms with Gasteiger partial charge in [-0.1, -0.05) is 26.0 Å². The van der Waals surface area contributed by atoms with Gasteiger partial charge in [0.15, 0.2) is 0 Å². The zero-order valence-electron chi connectivity index (χ0n) is 27.0. The highest BCUT2D eigenvalue weighted by atomic mass is 16.5. The van der Waals surface area contributed by atoms with Gasteiger partial charge in [-0.25, -0.2) is 0 Å². The highest BCUT2D eigenvalue weighted by Crippen LogP contribution is 2.45. The SMILES string of the molecule is CCOCc1cc(C(C)(c2cc(CC)c(O)c(CC)c2)c2cc(COCC)c(O)c(COCC)c2)cc(COCC)c1O. The molecule has 236 valence electrons. The van der Waals surface area contributed by atoms with Crippen molar-refractivity contribution in [3.05, 3.63) is 86.5 Å². The largest absolute Gasteiger partial charge is 0.507 e. The van der Waals surface area contributed by atoms with Crippen LogP contribution < -0.4 is 0 Å². The molecule has 0 aliphatic carbocycles. The number of hydrogen-bond donors (Lipinski definition) is 3. The van der Waals surface area contributed by atoms with Crippen molar-refractivity contribution in [1.29, 1.82) is 0 Å². The van der Waals surface area contributed by atoms with Crippen LogP contribution in [-0.2, 0) is 63.6 Å². The Hall–Kier alpha value is -3.10. The Labute approximate surface area is 257 Å². The van der Waals surface area contributed by atoms with E-state index in [1.807, 2.05) is 65.8 Å². The van der Waals surface area contributed by atoms with Gasteiger partial charge >= 0.3 is 0 Å². The molecule has 0 radical (unpaired) electrons. The van der Waals surface area contributed by atoms with Crippen LogP contribution in [0.1, 0.15) is 98.5 Å². The number of phenolic OH excluding ortho intramolecular Hbond substituents is 3. The summed E-state index contributed by atoms with van der Waals surface area (Å²) in [4.78, 5) is 0. The molecule has 7 nitrogen and oxygen atoms in total. The third-order valence-electron chi connectivity index (χ3n) is 8.14. The van der Waals surface area contributed by atoms with Crippen molar-refractivity contribution in [3.63, 3.8) is 0 Å². The minimum Gasteiger partial charge on any atom is -0.507 e. The van der Waals surface area contributed by atoms with E-state index < -0.39 is 5.41 Å². The zero-order chi connectivity index (χ0) is 31.6. The Balaban J connectivity index is 2.46. The van der Waals surface area contributed by atoms with Crippen molar-refractivity contribution in [1.82, 2.24) is 0 Å². The normalized spacial score (nSPS) is 11.8. The summed E-state index contributed by atoms with van der Waals surface area (Å²) in [6.45, 7) is 17.0. The predicted octanol–water partition coefficient (Wildman–Crippen LogP) is 7.43. The molecule has 0 unspecified atom stereocenters. The molecule has 7 heteroatoms. The zero-order valence-corrected chi connectivity index (χ0v) is 27.0. The van der Waals surface area contributed by atoms with Crippen molar-refractivity contribution in [2.45, 2.75) is 93.2 Å². The highest BCUT2D eigenvalue weighted by Gasteiger charge is 2.35. The summed E-state index contributed by atoms with van der Waals surface area (Å²) < 4.78 is 23.1. The minimum atomic E-state index is -0.771. The topological polar surface area (TPSA) is 97.6 Å². The van der Waals surface area contributed by atoms with Gasteiger partial charge in [0.05, 0.1) is 26.4 Å². The molecule has 0 fully saturated rings. The van der Waals surface area contributed by atoms with Crippen LogP contribution >= 0.6 is 0 Å². The van der Waals surface area contributed by atoms with Gasteiger partial charge in [-0.15, -0.1) is 0 Å². The van der Waals surface area contributed by atoms with Crippen molar-refractivity contribution in [2.75, 3.05) is 26.4 Å². The number of hydrogen-bond acceptors (Lipinski definition) is 7. The number of benzene rings is 3. The second-order valence-electron chi connectivity index (χ2n) is 10.8. The van der Waals surface area contributed by atoms with Gasteiger partial charge in [0.25, 0.3) is 0 Å². The first kappa shape index (κ1) is 34.4. The van der Waals surface area contributed by atoms with Gasteiger partial charge < -0.3 is 34.3 Å². The summed E-state index contributed by atoms with van der Waals surface area (Å²) in [5, 5.41) is 33.5. The van der Waals surface area contributed by atoms with Gasteiger partial charge in [-0.2, -0.15) is 0 Å². The van der Waals surface area contributed by atoms with E-state index in [1.165, 1.54) is 0 Å². The summed E-state index contributed by atoms with van der Waals surface area (Å²) in [6, 6.07) is 12.2. The first-order chi connectivity index (χ1) is 20.7. The fourth-order valence-electron chi connectivity index (χ4n) is 5.47. The van der Waals surface area contributed by atoms with E-state index in [9.17, 15) is 15.3 Å². The average Bonchev–Trinajstić information content (AvgIpc) is 3.02. The van der Waals surface area contributed by atoms with Crippen LogP contribution in [0.15, 0.2) is 36.4 Å². The Kier molecular flexibility index (Phi) is 12.9. The van der Waals surface area contributed by atoms with Crippen LogP contribution in [0.5, 0.6) is 17.2 Å². The number of aromatic hydroxyl groups is 3. The lowest BCUT2D eigenvalue weighted by atomic mass is 9.68. The van der Waals surface area contributed by atoms with Crippen LogP contribution in [-0.4, -0.2) is 41.7 Å². The fourth-order valence-corrected chi connectivity index (χ4v) is 5.47. The molecule has 0 atom stereocenters. The lowest BCUT2D eigenvalue weighted by Gasteiger charge is -2.35. The molecular formula is C36H50O7. The van der Waals surface area contributed by atoms with Crippen molar-refractivity contribution in [2.24, 2.45) is 0 Å². The van der Waals surface area contributed by atoms with E-state index in [1.54, 1.807) is 0 Å². The maximum Gasteiger partial charge on any atom is 0.126 e. The van der Waals surface area contributed by atoms with Crippen LogP contribution in [0.2, 0.25) is 0 Å². The van der Waals surface area contributed by atoms with Gasteiger partial charge in [0.1, 0.15) is 17.2 Å². The smallest absolute Gasteiger partial charge is 0.126 e. The van der Waals surface area contributed by atoms with Crippen molar-refractivity contribution in [3.8, 4) is 17.2 Å². The summed E-state index contributed by atoms with van der Waals surface area (Å²) >= 11 is 0. The average molecular weight is 595 g/mol. The first-order valence-electron chi connectivity index (χ1n) is 15.6. The van der Waals surface area contributed by atoms with Gasteiger partial charge in [-0.05, 0) is 99.5 Å². The number of rotatable bonds is 17. The van der Waals surface area contributed by atoms with Gasteiger partial charge in [0.2, 0.25) is 0 Å². The number of phenols is 3. The maximum absolute atomic E-state index is 11.2. The van der Waals surface area contributed by atoms with E-state index >= 15 is 0 Å². The molecule has 3 aromatic carbocycles. The molecule has 0 aliphatic heterocycles. The fraction of sp³-hybridized carbons (Fsp3) is 0.500. The van der Waals surface area contributed by atoms with E-state index in [-0.39, 0.29) is 37.9 Å². The Morgan fingerprint density at radius 2 is 0.674 bits per heavy atom. The Bertz CT molecular complexity index is 1190. The molecule has 0 bridgehead atoms. The molecule has 0 amide bonds. The second-order valence-corrected chi connectivity index (χ2v) is 10.8. The summed E-state index contributed by atoms with van der Waals surface area (Å²) in [6.07, 6.45) is 1.34. The van der Waals surface area contributed by atoms with Gasteiger partial charge in [0, 0.05) is 54.1 Å². The Morgan fingerprint density at radius 1 is 0.442 bits per heavy atom. The molecule has 0 heterocycles. The first-order valence-corrected chi connectivity index (χ1v) is 15.6. The van der Waals surface area contributed by atoms with E-state index in [0.717, 1.165) is 27.8 Å². The highest BCUT2D eigenvalue weighted by molar-refractivity contribution is 5.59. The predicted molar refractivity (Wildman–Crippen MR) is 170 cm³/mol. The quantitative estimate of drug-likeness (QED) is 0.140. The summed E-state index contributed by atoms with van der Waals surface area (Å²) in [5.41, 5.74) is 6.51. The number of aryl methyl sites for hydroxylation is 2. The number of ether oxygens (including phenoxy) is 4. The third-order valence-corrected chi connectivity index (χ3v) is 8.14. The van der Waals surface area contributed by atoms with E-state index in [2.05, 4.69) is 19.1 Å². The second kappa shape index (κ2) is 16.1. The molecule has 0 aliphatic rings. The molecule has 0 saturated heterocycles. The molecule has 3 rings (SSSR count). The van der Waals surface area contributed by atoms with Crippen molar-refractivity contribution < 1.29 is 34.3 Å². The third kappa shape index (κ3) is 7.71. The molecule has 0 aromatic heterocycles. The minimum absolute atomic E-state index is 0.168. The summed E-state index contributed by atoms with van der Waals surface area (Å²) in [5.74, 6) is 0.666. The van der Waals surface area contributed by atoms with E-state index in [4.69, 9.17) is 18.9 Å². The van der Waals surface area contributed by atoms with Crippen molar-refractivity contribution >= 4 is 0 Å². The van der Waals surface area contributed by atoms with Crippen LogP contribution in [0.25, 0.3) is 0 Å². The Morgan fingerprint density at radius 3 is 0.907 bits per heavy atom. The lowest BCUT2D eigenvalue weighted by molar-refractivity contribution is 0.126. The van der Waals surface area contributed by atoms with E-state index in [0.29, 0.717) is 67.3 Å². The molecule has 0 saturated carbocycles. The molecular weight excluding hydrogens is 544 g/mol. The molecule has 3 aromatic rings. The molecule has 3 N–H and O–H groups in total. The molecule has 43 heavy (non-hydrogen) atoms. The molecule has 0 spiro atoms. The van der Waals surface area contributed by atoms with Crippen LogP contribution in [0.3, 0.4) is 0 Å².